The summed E-state index contributed by atoms with van der Waals surface area (Å²) in [6.07, 6.45) is 0.673. The van der Waals surface area contributed by atoms with Crippen LogP contribution in [0.2, 0.25) is 0 Å². The quantitative estimate of drug-likeness (QED) is 0.859. The summed E-state index contributed by atoms with van der Waals surface area (Å²) in [5.74, 6) is 1.28. The second-order valence-corrected chi connectivity index (χ2v) is 5.99. The second kappa shape index (κ2) is 5.70. The lowest BCUT2D eigenvalue weighted by Crippen LogP contribution is -2.25. The monoisotopic (exact) mass is 276 g/mol. The number of amides is 1. The first kappa shape index (κ1) is 14.0. The Balaban J connectivity index is 2.07. The molecule has 1 aromatic rings. The highest BCUT2D eigenvalue weighted by Crippen LogP contribution is 2.26. The van der Waals surface area contributed by atoms with Crippen LogP contribution >= 0.6 is 12.2 Å². The van der Waals surface area contributed by atoms with E-state index in [1.807, 2.05) is 29.2 Å². The van der Waals surface area contributed by atoms with Gasteiger partial charge in [-0.05, 0) is 23.5 Å². The van der Waals surface area contributed by atoms with Gasteiger partial charge < -0.3 is 10.6 Å². The molecule has 3 nitrogen and oxygen atoms in total. The molecule has 1 heterocycles. The zero-order valence-corrected chi connectivity index (χ0v) is 12.2. The molecule has 0 bridgehead atoms. The number of carbonyl (C=O) groups excluding carboxylic acids is 1. The summed E-state index contributed by atoms with van der Waals surface area (Å²) in [7, 11) is 0. The van der Waals surface area contributed by atoms with Crippen LogP contribution in [0.15, 0.2) is 24.3 Å². The molecule has 1 unspecified atom stereocenters. The predicted molar refractivity (Wildman–Crippen MR) is 80.7 cm³/mol. The van der Waals surface area contributed by atoms with Gasteiger partial charge in [-0.2, -0.15) is 0 Å². The van der Waals surface area contributed by atoms with Crippen LogP contribution in [0.5, 0.6) is 0 Å². The summed E-state index contributed by atoms with van der Waals surface area (Å²) < 4.78 is 0. The Morgan fingerprint density at radius 2 is 2.26 bits per heavy atom. The number of likely N-dealkylation sites (tertiary alicyclic amines) is 1. The lowest BCUT2D eigenvalue weighted by atomic mass is 9.95. The minimum Gasteiger partial charge on any atom is -0.389 e. The molecule has 2 rings (SSSR count). The third-order valence-electron chi connectivity index (χ3n) is 3.77. The Kier molecular flexibility index (Phi) is 4.20. The molecule has 1 atom stereocenters. The van der Waals surface area contributed by atoms with Crippen LogP contribution in [0.1, 0.15) is 31.4 Å². The SMILES string of the molecule is CC(C)C1CC(=O)N(Cc2cccc(C(N)=S)c2)C1. The number of carbonyl (C=O) groups is 1. The van der Waals surface area contributed by atoms with Crippen LogP contribution in [0, 0.1) is 11.8 Å². The fourth-order valence-electron chi connectivity index (χ4n) is 2.45. The molecule has 1 aliphatic heterocycles. The van der Waals surface area contributed by atoms with Gasteiger partial charge in [-0.25, -0.2) is 0 Å². The van der Waals surface area contributed by atoms with Crippen molar-refractivity contribution < 1.29 is 4.79 Å². The summed E-state index contributed by atoms with van der Waals surface area (Å²) in [4.78, 5) is 14.3. The molecule has 1 fully saturated rings. The van der Waals surface area contributed by atoms with Crippen molar-refractivity contribution in [1.29, 1.82) is 0 Å². The minimum atomic E-state index is 0.249. The molecule has 0 spiro atoms. The maximum Gasteiger partial charge on any atom is 0.223 e. The van der Waals surface area contributed by atoms with E-state index in [4.69, 9.17) is 18.0 Å². The van der Waals surface area contributed by atoms with E-state index in [0.717, 1.165) is 17.7 Å². The summed E-state index contributed by atoms with van der Waals surface area (Å²) in [6.45, 7) is 5.86. The van der Waals surface area contributed by atoms with Gasteiger partial charge in [-0.1, -0.05) is 44.3 Å². The molecule has 0 aliphatic carbocycles. The molecule has 0 aromatic heterocycles. The van der Waals surface area contributed by atoms with Crippen molar-refractivity contribution in [2.75, 3.05) is 6.54 Å². The molecule has 1 amide bonds. The fourth-order valence-corrected chi connectivity index (χ4v) is 2.57. The van der Waals surface area contributed by atoms with Crippen molar-refractivity contribution in [3.8, 4) is 0 Å². The van der Waals surface area contributed by atoms with Crippen LogP contribution in [0.25, 0.3) is 0 Å². The normalized spacial score (nSPS) is 19.2. The number of rotatable bonds is 4. The van der Waals surface area contributed by atoms with Crippen molar-refractivity contribution in [3.05, 3.63) is 35.4 Å². The Bertz CT molecular complexity index is 499. The Hall–Kier alpha value is -1.42. The standard InChI is InChI=1S/C15H20N2OS/c1-10(2)13-7-14(18)17(9-13)8-11-4-3-5-12(6-11)15(16)19/h3-6,10,13H,7-9H2,1-2H3,(H2,16,19). The van der Waals surface area contributed by atoms with E-state index in [2.05, 4.69) is 13.8 Å². The van der Waals surface area contributed by atoms with Gasteiger partial charge in [0.25, 0.3) is 0 Å². The number of benzene rings is 1. The summed E-state index contributed by atoms with van der Waals surface area (Å²) in [5.41, 5.74) is 7.58. The van der Waals surface area contributed by atoms with Crippen molar-refractivity contribution in [1.82, 2.24) is 4.90 Å². The van der Waals surface area contributed by atoms with Gasteiger partial charge in [0.15, 0.2) is 0 Å². The fraction of sp³-hybridized carbons (Fsp3) is 0.467. The minimum absolute atomic E-state index is 0.249. The summed E-state index contributed by atoms with van der Waals surface area (Å²) in [5, 5.41) is 0. The van der Waals surface area contributed by atoms with E-state index < -0.39 is 0 Å². The van der Waals surface area contributed by atoms with Gasteiger partial charge in [0, 0.05) is 25.1 Å². The van der Waals surface area contributed by atoms with Gasteiger partial charge in [-0.15, -0.1) is 0 Å². The molecule has 1 saturated heterocycles. The number of hydrogen-bond donors (Lipinski definition) is 1. The molecule has 1 aromatic carbocycles. The summed E-state index contributed by atoms with van der Waals surface area (Å²) in [6, 6.07) is 7.81. The average Bonchev–Trinajstić information content (AvgIpc) is 2.71. The molecule has 2 N–H and O–H groups in total. The molecule has 0 radical (unpaired) electrons. The molecule has 1 aliphatic rings. The van der Waals surface area contributed by atoms with Crippen LogP contribution in [0.4, 0.5) is 0 Å². The molecule has 19 heavy (non-hydrogen) atoms. The van der Waals surface area contributed by atoms with Crippen LogP contribution in [-0.2, 0) is 11.3 Å². The predicted octanol–water partition coefficient (Wildman–Crippen LogP) is 2.33. The average molecular weight is 276 g/mol. The lowest BCUT2D eigenvalue weighted by molar-refractivity contribution is -0.128. The number of hydrogen-bond acceptors (Lipinski definition) is 2. The number of nitrogens with two attached hydrogens (primary N) is 1. The lowest BCUT2D eigenvalue weighted by Gasteiger charge is -2.18. The molecular formula is C15H20N2OS. The first-order valence-corrected chi connectivity index (χ1v) is 7.04. The van der Waals surface area contributed by atoms with Gasteiger partial charge in [-0.3, -0.25) is 4.79 Å². The third kappa shape index (κ3) is 3.32. The van der Waals surface area contributed by atoms with Gasteiger partial charge in [0.2, 0.25) is 5.91 Å². The first-order chi connectivity index (χ1) is 8.97. The maximum atomic E-state index is 12.0. The van der Waals surface area contributed by atoms with Crippen molar-refractivity contribution >= 4 is 23.1 Å². The van der Waals surface area contributed by atoms with Crippen molar-refractivity contribution in [2.24, 2.45) is 17.6 Å². The van der Waals surface area contributed by atoms with Crippen LogP contribution in [0.3, 0.4) is 0 Å². The largest absolute Gasteiger partial charge is 0.389 e. The summed E-state index contributed by atoms with van der Waals surface area (Å²) >= 11 is 4.98. The van der Waals surface area contributed by atoms with Gasteiger partial charge in [0.1, 0.15) is 4.99 Å². The second-order valence-electron chi connectivity index (χ2n) is 5.55. The molecule has 0 saturated carbocycles. The zero-order valence-electron chi connectivity index (χ0n) is 11.4. The molecule has 102 valence electrons. The van der Waals surface area contributed by atoms with E-state index in [0.29, 0.717) is 29.8 Å². The Labute approximate surface area is 119 Å². The van der Waals surface area contributed by atoms with E-state index in [1.54, 1.807) is 0 Å². The Morgan fingerprint density at radius 1 is 1.53 bits per heavy atom. The highest BCUT2D eigenvalue weighted by molar-refractivity contribution is 7.80. The molecule has 4 heteroatoms. The topological polar surface area (TPSA) is 46.3 Å². The zero-order chi connectivity index (χ0) is 14.0. The van der Waals surface area contributed by atoms with Crippen molar-refractivity contribution in [3.63, 3.8) is 0 Å². The smallest absolute Gasteiger partial charge is 0.223 e. The number of nitrogens with zero attached hydrogens (tertiary/aromatic N) is 1. The third-order valence-corrected chi connectivity index (χ3v) is 4.01. The highest BCUT2D eigenvalue weighted by Gasteiger charge is 2.31. The van der Waals surface area contributed by atoms with Crippen LogP contribution < -0.4 is 5.73 Å². The van der Waals surface area contributed by atoms with Crippen LogP contribution in [-0.4, -0.2) is 22.3 Å². The van der Waals surface area contributed by atoms with E-state index >= 15 is 0 Å². The van der Waals surface area contributed by atoms with E-state index in [1.165, 1.54) is 0 Å². The van der Waals surface area contributed by atoms with E-state index in [9.17, 15) is 4.79 Å². The maximum absolute atomic E-state index is 12.0. The van der Waals surface area contributed by atoms with Gasteiger partial charge in [0.05, 0.1) is 0 Å². The van der Waals surface area contributed by atoms with Gasteiger partial charge >= 0.3 is 0 Å². The number of thiocarbonyl (C=S) groups is 1. The highest BCUT2D eigenvalue weighted by atomic mass is 32.1. The Morgan fingerprint density at radius 3 is 2.84 bits per heavy atom. The molecular weight excluding hydrogens is 256 g/mol. The van der Waals surface area contributed by atoms with E-state index in [-0.39, 0.29) is 5.91 Å². The van der Waals surface area contributed by atoms with Crippen molar-refractivity contribution in [2.45, 2.75) is 26.8 Å². The first-order valence-electron chi connectivity index (χ1n) is 6.64.